The van der Waals surface area contributed by atoms with Crippen LogP contribution in [0.2, 0.25) is 5.02 Å². The van der Waals surface area contributed by atoms with Crippen molar-refractivity contribution in [2.45, 2.75) is 38.8 Å². The van der Waals surface area contributed by atoms with E-state index in [2.05, 4.69) is 15.3 Å². The van der Waals surface area contributed by atoms with Crippen LogP contribution in [-0.2, 0) is 35.5 Å². The molecule has 1 aromatic carbocycles. The first kappa shape index (κ1) is 20.8. The first-order valence-electron chi connectivity index (χ1n) is 9.72. The van der Waals surface area contributed by atoms with Gasteiger partial charge in [0, 0.05) is 11.4 Å². The second-order valence-electron chi connectivity index (χ2n) is 7.09. The van der Waals surface area contributed by atoms with Gasteiger partial charge in [0.15, 0.2) is 5.82 Å². The largest absolute Gasteiger partial charge is 0.495 e. The van der Waals surface area contributed by atoms with Crippen molar-refractivity contribution in [3.05, 3.63) is 45.1 Å². The number of carbonyl (C=O) groups is 1. The fraction of sp³-hybridized carbons (Fsp3) is 0.381. The number of rotatable bonds is 8. The van der Waals surface area contributed by atoms with Crippen LogP contribution >= 0.6 is 22.9 Å². The van der Waals surface area contributed by atoms with Crippen LogP contribution in [0.15, 0.2) is 18.2 Å². The number of anilines is 1. The molecule has 158 valence electrons. The average molecular weight is 448 g/mol. The SMILES string of the molecule is COc1ccc(CNc2nc(COCC(=O)O)nc3sc4c(c23)CCCC4)cc1Cl. The summed E-state index contributed by atoms with van der Waals surface area (Å²) in [5.74, 6) is 0.838. The van der Waals surface area contributed by atoms with Crippen molar-refractivity contribution >= 4 is 44.9 Å². The van der Waals surface area contributed by atoms with Crippen LogP contribution in [0.5, 0.6) is 5.75 Å². The second kappa shape index (κ2) is 9.16. The third-order valence-electron chi connectivity index (χ3n) is 4.99. The maximum Gasteiger partial charge on any atom is 0.329 e. The van der Waals surface area contributed by atoms with Gasteiger partial charge in [0.1, 0.15) is 29.6 Å². The monoisotopic (exact) mass is 447 g/mol. The second-order valence-corrected chi connectivity index (χ2v) is 8.58. The molecule has 0 atom stereocenters. The maximum absolute atomic E-state index is 10.7. The van der Waals surface area contributed by atoms with Gasteiger partial charge in [-0.3, -0.25) is 0 Å². The van der Waals surface area contributed by atoms with Gasteiger partial charge in [0.2, 0.25) is 0 Å². The van der Waals surface area contributed by atoms with E-state index < -0.39 is 5.97 Å². The van der Waals surface area contributed by atoms with Crippen molar-refractivity contribution < 1.29 is 19.4 Å². The molecule has 30 heavy (non-hydrogen) atoms. The van der Waals surface area contributed by atoms with E-state index in [1.54, 1.807) is 18.4 Å². The zero-order valence-corrected chi connectivity index (χ0v) is 18.1. The lowest BCUT2D eigenvalue weighted by atomic mass is 9.97. The molecule has 2 aromatic heterocycles. The van der Waals surface area contributed by atoms with Crippen LogP contribution in [0, 0.1) is 0 Å². The standard InChI is InChI=1S/C21H22ClN3O4S/c1-28-15-7-6-12(8-14(15)22)9-23-20-19-13-4-2-3-5-16(13)30-21(19)25-17(24-20)10-29-11-18(26)27/h6-8H,2-5,9-11H2,1H3,(H,26,27)(H,23,24,25). The van der Waals surface area contributed by atoms with Gasteiger partial charge in [-0.1, -0.05) is 17.7 Å². The molecule has 0 fully saturated rings. The van der Waals surface area contributed by atoms with E-state index in [1.807, 2.05) is 18.2 Å². The average Bonchev–Trinajstić information content (AvgIpc) is 3.10. The van der Waals surface area contributed by atoms with Crippen LogP contribution in [-0.4, -0.2) is 34.8 Å². The smallest absolute Gasteiger partial charge is 0.329 e. The summed E-state index contributed by atoms with van der Waals surface area (Å²) in [4.78, 5) is 22.3. The van der Waals surface area contributed by atoms with Gasteiger partial charge in [0.05, 0.1) is 17.5 Å². The molecule has 3 aromatic rings. The molecule has 7 nitrogen and oxygen atoms in total. The van der Waals surface area contributed by atoms with Crippen LogP contribution in [0.25, 0.3) is 10.2 Å². The molecule has 0 saturated carbocycles. The Hall–Kier alpha value is -2.42. The molecule has 0 radical (unpaired) electrons. The van der Waals surface area contributed by atoms with Gasteiger partial charge in [-0.2, -0.15) is 0 Å². The number of hydrogen-bond donors (Lipinski definition) is 2. The number of benzene rings is 1. The van der Waals surface area contributed by atoms with Gasteiger partial charge in [-0.25, -0.2) is 14.8 Å². The molecule has 1 aliphatic carbocycles. The minimum absolute atomic E-state index is 0.0495. The Labute approximate surface area is 183 Å². The molecular weight excluding hydrogens is 426 g/mol. The number of nitrogens with one attached hydrogen (secondary N) is 1. The predicted molar refractivity (Wildman–Crippen MR) is 117 cm³/mol. The summed E-state index contributed by atoms with van der Waals surface area (Å²) in [6.45, 7) is 0.208. The molecule has 2 N–H and O–H groups in total. The Balaban J connectivity index is 1.64. The summed E-state index contributed by atoms with van der Waals surface area (Å²) >= 11 is 7.95. The lowest BCUT2D eigenvalue weighted by molar-refractivity contribution is -0.142. The minimum Gasteiger partial charge on any atom is -0.495 e. The Morgan fingerprint density at radius 3 is 2.90 bits per heavy atom. The van der Waals surface area contributed by atoms with Crippen LogP contribution in [0.4, 0.5) is 5.82 Å². The minimum atomic E-state index is -1.02. The lowest BCUT2D eigenvalue weighted by Gasteiger charge is -2.14. The summed E-state index contributed by atoms with van der Waals surface area (Å²) in [7, 11) is 1.59. The number of aryl methyl sites for hydroxylation is 2. The van der Waals surface area contributed by atoms with E-state index in [9.17, 15) is 4.79 Å². The first-order chi connectivity index (χ1) is 14.5. The number of aromatic nitrogens is 2. The molecule has 1 aliphatic rings. The predicted octanol–water partition coefficient (Wildman–Crippen LogP) is 4.45. The molecule has 4 rings (SSSR count). The molecular formula is C21H22ClN3O4S. The Morgan fingerprint density at radius 1 is 1.30 bits per heavy atom. The maximum atomic E-state index is 10.7. The Bertz CT molecular complexity index is 1090. The molecule has 0 amide bonds. The number of carboxylic acids is 1. The Kier molecular flexibility index (Phi) is 6.36. The normalized spacial score (nSPS) is 13.3. The van der Waals surface area contributed by atoms with E-state index in [-0.39, 0.29) is 13.2 Å². The highest BCUT2D eigenvalue weighted by atomic mass is 35.5. The molecule has 0 bridgehead atoms. The summed E-state index contributed by atoms with van der Waals surface area (Å²) in [5.41, 5.74) is 2.33. The van der Waals surface area contributed by atoms with Crippen LogP contribution in [0.1, 0.15) is 34.7 Å². The number of ether oxygens (including phenoxy) is 2. The van der Waals surface area contributed by atoms with Crippen LogP contribution < -0.4 is 10.1 Å². The van der Waals surface area contributed by atoms with Gasteiger partial charge in [-0.05, 0) is 48.9 Å². The summed E-state index contributed by atoms with van der Waals surface area (Å²) in [6, 6.07) is 5.66. The first-order valence-corrected chi connectivity index (χ1v) is 10.9. The van der Waals surface area contributed by atoms with E-state index >= 15 is 0 Å². The van der Waals surface area contributed by atoms with Crippen molar-refractivity contribution in [3.8, 4) is 5.75 Å². The van der Waals surface area contributed by atoms with Crippen molar-refractivity contribution in [3.63, 3.8) is 0 Å². The number of nitrogens with zero attached hydrogens (tertiary/aromatic N) is 2. The summed E-state index contributed by atoms with van der Waals surface area (Å²) < 4.78 is 10.4. The Morgan fingerprint density at radius 2 is 2.13 bits per heavy atom. The number of carboxylic acid groups (broad SMARTS) is 1. The molecule has 0 saturated heterocycles. The molecule has 0 aliphatic heterocycles. The van der Waals surface area contributed by atoms with E-state index in [0.29, 0.717) is 23.1 Å². The van der Waals surface area contributed by atoms with Crippen molar-refractivity contribution in [1.82, 2.24) is 9.97 Å². The van der Waals surface area contributed by atoms with E-state index in [1.165, 1.54) is 16.9 Å². The highest BCUT2D eigenvalue weighted by molar-refractivity contribution is 7.19. The van der Waals surface area contributed by atoms with Gasteiger partial charge >= 0.3 is 5.97 Å². The molecule has 0 unspecified atom stereocenters. The van der Waals surface area contributed by atoms with Gasteiger partial charge < -0.3 is 19.9 Å². The fourth-order valence-electron chi connectivity index (χ4n) is 3.63. The highest BCUT2D eigenvalue weighted by Crippen LogP contribution is 2.39. The number of thiophene rings is 1. The third-order valence-corrected chi connectivity index (χ3v) is 6.47. The molecule has 0 spiro atoms. The lowest BCUT2D eigenvalue weighted by Crippen LogP contribution is -2.10. The van der Waals surface area contributed by atoms with Crippen molar-refractivity contribution in [2.75, 3.05) is 19.0 Å². The highest BCUT2D eigenvalue weighted by Gasteiger charge is 2.21. The van der Waals surface area contributed by atoms with Crippen LogP contribution in [0.3, 0.4) is 0 Å². The van der Waals surface area contributed by atoms with Crippen molar-refractivity contribution in [1.29, 1.82) is 0 Å². The number of fused-ring (bicyclic) bond motifs is 3. The van der Waals surface area contributed by atoms with E-state index in [0.717, 1.165) is 40.9 Å². The molecule has 2 heterocycles. The molecule has 9 heteroatoms. The van der Waals surface area contributed by atoms with Crippen molar-refractivity contribution in [2.24, 2.45) is 0 Å². The summed E-state index contributed by atoms with van der Waals surface area (Å²) in [5, 5.41) is 13.9. The fourth-order valence-corrected chi connectivity index (χ4v) is 5.19. The zero-order chi connectivity index (χ0) is 21.1. The number of hydrogen-bond acceptors (Lipinski definition) is 7. The number of halogens is 1. The number of aliphatic carboxylic acids is 1. The van der Waals surface area contributed by atoms with E-state index in [4.69, 9.17) is 26.2 Å². The summed E-state index contributed by atoms with van der Waals surface area (Å²) in [6.07, 6.45) is 4.44. The topological polar surface area (TPSA) is 93.6 Å². The third kappa shape index (κ3) is 4.50. The quantitative estimate of drug-likeness (QED) is 0.527. The zero-order valence-electron chi connectivity index (χ0n) is 16.5. The number of methoxy groups -OCH3 is 1. The van der Waals surface area contributed by atoms with Gasteiger partial charge in [-0.15, -0.1) is 11.3 Å². The van der Waals surface area contributed by atoms with Gasteiger partial charge in [0.25, 0.3) is 0 Å².